The number of aromatic amines is 1. The van der Waals surface area contributed by atoms with E-state index in [1.807, 2.05) is 6.07 Å². The summed E-state index contributed by atoms with van der Waals surface area (Å²) in [6.07, 6.45) is 5.89. The summed E-state index contributed by atoms with van der Waals surface area (Å²) in [6, 6.07) is 1.82. The fourth-order valence-electron chi connectivity index (χ4n) is 3.19. The molecule has 8 nitrogen and oxygen atoms in total. The SMILES string of the molecule is CC(C)S(=O)(=O)NC1CCN(c2nc[nH]c3cnc4nccc4c23)C1. The Labute approximate surface area is 145 Å². The number of nitrogens with zero attached hydrogens (tertiary/aromatic N) is 4. The molecule has 2 N–H and O–H groups in total. The van der Waals surface area contributed by atoms with Crippen molar-refractivity contribution in [3.8, 4) is 0 Å². The zero-order valence-corrected chi connectivity index (χ0v) is 14.9. The summed E-state index contributed by atoms with van der Waals surface area (Å²) in [4.78, 5) is 18.4. The molecule has 1 aliphatic rings. The van der Waals surface area contributed by atoms with E-state index >= 15 is 0 Å². The van der Waals surface area contributed by atoms with Gasteiger partial charge in [-0.15, -0.1) is 0 Å². The van der Waals surface area contributed by atoms with Gasteiger partial charge in [-0.05, 0) is 26.3 Å². The molecule has 0 aliphatic carbocycles. The van der Waals surface area contributed by atoms with Crippen LogP contribution in [0.4, 0.5) is 5.82 Å². The second kappa shape index (κ2) is 5.92. The van der Waals surface area contributed by atoms with Crippen LogP contribution >= 0.6 is 0 Å². The summed E-state index contributed by atoms with van der Waals surface area (Å²) in [6.45, 7) is 4.71. The van der Waals surface area contributed by atoms with Crippen molar-refractivity contribution >= 4 is 37.8 Å². The molecule has 4 heterocycles. The maximum absolute atomic E-state index is 12.1. The monoisotopic (exact) mass is 360 g/mol. The number of sulfonamides is 1. The highest BCUT2D eigenvalue weighted by molar-refractivity contribution is 7.90. The Morgan fingerprint density at radius 2 is 2.16 bits per heavy atom. The Morgan fingerprint density at radius 1 is 1.32 bits per heavy atom. The normalized spacial score (nSPS) is 18.7. The van der Waals surface area contributed by atoms with Gasteiger partial charge in [-0.25, -0.2) is 28.1 Å². The summed E-state index contributed by atoms with van der Waals surface area (Å²) in [5.41, 5.74) is 1.57. The zero-order chi connectivity index (χ0) is 17.6. The first-order chi connectivity index (χ1) is 12.0. The summed E-state index contributed by atoms with van der Waals surface area (Å²) < 4.78 is 27.0. The number of pyridine rings is 1. The highest BCUT2D eigenvalue weighted by Crippen LogP contribution is 2.31. The Bertz CT molecular complexity index is 1030. The average molecular weight is 360 g/mol. The molecule has 1 aliphatic heterocycles. The summed E-state index contributed by atoms with van der Waals surface area (Å²) >= 11 is 0. The van der Waals surface area contributed by atoms with Gasteiger partial charge in [0, 0.05) is 30.7 Å². The average Bonchev–Trinajstić information content (AvgIpc) is 3.22. The molecule has 0 amide bonds. The molecular formula is C16H20N6O2S. The first-order valence-corrected chi connectivity index (χ1v) is 9.83. The summed E-state index contributed by atoms with van der Waals surface area (Å²) in [5, 5.41) is 1.48. The van der Waals surface area contributed by atoms with E-state index in [4.69, 9.17) is 0 Å². The van der Waals surface area contributed by atoms with Crippen LogP contribution in [0.2, 0.25) is 0 Å². The minimum absolute atomic E-state index is 0.108. The Balaban J connectivity index is 1.68. The van der Waals surface area contributed by atoms with E-state index in [-0.39, 0.29) is 6.04 Å². The smallest absolute Gasteiger partial charge is 0.214 e. The van der Waals surface area contributed by atoms with Crippen LogP contribution in [-0.4, -0.2) is 52.7 Å². The van der Waals surface area contributed by atoms with Crippen LogP contribution < -0.4 is 9.62 Å². The molecule has 4 rings (SSSR count). The molecule has 0 saturated carbocycles. The first kappa shape index (κ1) is 16.2. The van der Waals surface area contributed by atoms with Crippen molar-refractivity contribution in [1.29, 1.82) is 0 Å². The van der Waals surface area contributed by atoms with Crippen LogP contribution in [0.3, 0.4) is 0 Å². The van der Waals surface area contributed by atoms with Crippen LogP contribution in [-0.2, 0) is 10.0 Å². The number of hydrogen-bond acceptors (Lipinski definition) is 6. The van der Waals surface area contributed by atoms with E-state index in [2.05, 4.69) is 29.6 Å². The van der Waals surface area contributed by atoms with Gasteiger partial charge in [-0.2, -0.15) is 0 Å². The molecule has 3 aromatic heterocycles. The van der Waals surface area contributed by atoms with E-state index in [9.17, 15) is 8.42 Å². The van der Waals surface area contributed by atoms with Crippen molar-refractivity contribution in [3.63, 3.8) is 0 Å². The highest BCUT2D eigenvalue weighted by atomic mass is 32.2. The van der Waals surface area contributed by atoms with Gasteiger partial charge in [0.2, 0.25) is 10.0 Å². The van der Waals surface area contributed by atoms with Crippen LogP contribution in [0.1, 0.15) is 20.3 Å². The second-order valence-electron chi connectivity index (χ2n) is 6.60. The van der Waals surface area contributed by atoms with Crippen LogP contribution in [0, 0.1) is 0 Å². The van der Waals surface area contributed by atoms with E-state index in [0.29, 0.717) is 12.2 Å². The molecule has 25 heavy (non-hydrogen) atoms. The van der Waals surface area contributed by atoms with E-state index in [1.165, 1.54) is 0 Å². The maximum Gasteiger partial charge on any atom is 0.214 e. The van der Waals surface area contributed by atoms with E-state index in [1.54, 1.807) is 32.6 Å². The van der Waals surface area contributed by atoms with Gasteiger partial charge in [0.1, 0.15) is 5.82 Å². The zero-order valence-electron chi connectivity index (χ0n) is 14.1. The highest BCUT2D eigenvalue weighted by Gasteiger charge is 2.29. The van der Waals surface area contributed by atoms with Crippen LogP contribution in [0.25, 0.3) is 21.9 Å². The quantitative estimate of drug-likeness (QED) is 0.729. The molecule has 0 aromatic carbocycles. The third-order valence-electron chi connectivity index (χ3n) is 4.60. The van der Waals surface area contributed by atoms with Crippen LogP contribution in [0.15, 0.2) is 24.8 Å². The lowest BCUT2D eigenvalue weighted by Crippen LogP contribution is -2.40. The molecule has 0 radical (unpaired) electrons. The molecule has 0 bridgehead atoms. The van der Waals surface area contributed by atoms with Crippen molar-refractivity contribution in [3.05, 3.63) is 24.8 Å². The van der Waals surface area contributed by atoms with Gasteiger partial charge >= 0.3 is 0 Å². The third kappa shape index (κ3) is 2.83. The fourth-order valence-corrected chi connectivity index (χ4v) is 4.12. The van der Waals surface area contributed by atoms with Crippen molar-refractivity contribution < 1.29 is 8.42 Å². The molecule has 0 spiro atoms. The molecule has 1 atom stereocenters. The first-order valence-electron chi connectivity index (χ1n) is 8.28. The molecular weight excluding hydrogens is 340 g/mol. The predicted molar refractivity (Wildman–Crippen MR) is 97.0 cm³/mol. The molecule has 9 heteroatoms. The predicted octanol–water partition coefficient (Wildman–Crippen LogP) is 1.41. The van der Waals surface area contributed by atoms with Crippen molar-refractivity contribution in [2.45, 2.75) is 31.6 Å². The Kier molecular flexibility index (Phi) is 3.84. The number of hydrogen-bond donors (Lipinski definition) is 2. The Hall–Kier alpha value is -2.26. The molecule has 1 fully saturated rings. The lowest BCUT2D eigenvalue weighted by molar-refractivity contribution is 0.553. The standard InChI is InChI=1S/C16H20N6O2S/c1-10(2)25(23,24)21-11-4-6-22(8-11)16-14-12-3-5-17-15(12)18-7-13(14)19-9-20-16/h3,5,7,9-11,21H,4,6,8H2,1-2H3,(H,19,20). The second-order valence-corrected chi connectivity index (χ2v) is 8.87. The largest absolute Gasteiger partial charge is 0.354 e. The number of fused-ring (bicyclic) bond motifs is 3. The third-order valence-corrected chi connectivity index (χ3v) is 6.51. The van der Waals surface area contributed by atoms with Crippen molar-refractivity contribution in [1.82, 2.24) is 24.7 Å². The Morgan fingerprint density at radius 3 is 2.96 bits per heavy atom. The number of nitrogens with one attached hydrogen (secondary N) is 2. The number of rotatable bonds is 4. The lowest BCUT2D eigenvalue weighted by atomic mass is 10.2. The number of H-pyrrole nitrogens is 1. The van der Waals surface area contributed by atoms with Gasteiger partial charge in [0.25, 0.3) is 0 Å². The molecule has 1 unspecified atom stereocenters. The summed E-state index contributed by atoms with van der Waals surface area (Å²) in [5.74, 6) is 0.834. The van der Waals surface area contributed by atoms with Crippen molar-refractivity contribution in [2.75, 3.05) is 18.0 Å². The van der Waals surface area contributed by atoms with Gasteiger partial charge in [0.05, 0.1) is 28.7 Å². The minimum atomic E-state index is -3.28. The molecule has 1 saturated heterocycles. The fraction of sp³-hybridized carbons (Fsp3) is 0.438. The van der Waals surface area contributed by atoms with Crippen LogP contribution in [0.5, 0.6) is 0 Å². The van der Waals surface area contributed by atoms with Gasteiger partial charge < -0.3 is 9.88 Å². The van der Waals surface area contributed by atoms with Crippen molar-refractivity contribution in [2.24, 2.45) is 0 Å². The van der Waals surface area contributed by atoms with E-state index < -0.39 is 15.3 Å². The molecule has 3 aromatic rings. The van der Waals surface area contributed by atoms with Gasteiger partial charge in [-0.3, -0.25) is 0 Å². The summed E-state index contributed by atoms with van der Waals surface area (Å²) in [7, 11) is -3.28. The number of aromatic nitrogens is 4. The van der Waals surface area contributed by atoms with E-state index in [0.717, 1.165) is 35.1 Å². The lowest BCUT2D eigenvalue weighted by Gasteiger charge is -2.20. The van der Waals surface area contributed by atoms with Gasteiger partial charge in [0.15, 0.2) is 5.65 Å². The topological polar surface area (TPSA) is 104 Å². The van der Waals surface area contributed by atoms with Gasteiger partial charge in [-0.1, -0.05) is 0 Å². The minimum Gasteiger partial charge on any atom is -0.354 e. The maximum atomic E-state index is 12.1. The molecule has 132 valence electrons. The number of anilines is 1.